The summed E-state index contributed by atoms with van der Waals surface area (Å²) < 4.78 is 7.20. The number of rotatable bonds is 3. The summed E-state index contributed by atoms with van der Waals surface area (Å²) in [7, 11) is 0. The van der Waals surface area contributed by atoms with Crippen molar-refractivity contribution in [3.8, 4) is 0 Å². The van der Waals surface area contributed by atoms with Crippen molar-refractivity contribution in [3.63, 3.8) is 0 Å². The molecular weight excluding hydrogens is 244 g/mol. The number of hydrogen-bond donors (Lipinski definition) is 1. The van der Waals surface area contributed by atoms with E-state index >= 15 is 0 Å². The molecular formula is C14H16N2O3. The number of carboxylic acid groups (broad SMARTS) is 1. The lowest BCUT2D eigenvalue weighted by Gasteiger charge is -2.32. The Hall–Kier alpha value is -1.88. The van der Waals surface area contributed by atoms with Crippen LogP contribution in [-0.2, 0) is 16.0 Å². The van der Waals surface area contributed by atoms with Crippen molar-refractivity contribution in [2.45, 2.75) is 19.3 Å². The first-order valence-corrected chi connectivity index (χ1v) is 6.43. The van der Waals surface area contributed by atoms with Gasteiger partial charge in [-0.25, -0.2) is 4.98 Å². The summed E-state index contributed by atoms with van der Waals surface area (Å²) in [5, 5.41) is 9.53. The summed E-state index contributed by atoms with van der Waals surface area (Å²) >= 11 is 0. The van der Waals surface area contributed by atoms with Crippen molar-refractivity contribution in [3.05, 3.63) is 36.3 Å². The number of fused-ring (bicyclic) bond motifs is 1. The van der Waals surface area contributed by atoms with Crippen molar-refractivity contribution in [2.75, 3.05) is 13.2 Å². The maximum absolute atomic E-state index is 11.6. The van der Waals surface area contributed by atoms with Crippen LogP contribution in [0.3, 0.4) is 0 Å². The minimum absolute atomic E-state index is 0.466. The Labute approximate surface area is 110 Å². The van der Waals surface area contributed by atoms with Crippen LogP contribution in [0.4, 0.5) is 0 Å². The van der Waals surface area contributed by atoms with Gasteiger partial charge in [0.25, 0.3) is 0 Å². The molecule has 100 valence electrons. The Morgan fingerprint density at radius 3 is 2.89 bits per heavy atom. The third kappa shape index (κ3) is 2.21. The van der Waals surface area contributed by atoms with Gasteiger partial charge < -0.3 is 14.2 Å². The minimum atomic E-state index is -0.743. The van der Waals surface area contributed by atoms with Crippen LogP contribution in [0.15, 0.2) is 30.6 Å². The lowest BCUT2D eigenvalue weighted by atomic mass is 9.76. The van der Waals surface area contributed by atoms with E-state index in [0.717, 1.165) is 11.3 Å². The lowest BCUT2D eigenvalue weighted by Crippen LogP contribution is -2.39. The molecule has 1 N–H and O–H groups in total. The molecule has 2 aromatic rings. The van der Waals surface area contributed by atoms with Crippen LogP contribution in [0, 0.1) is 5.41 Å². The van der Waals surface area contributed by atoms with E-state index in [4.69, 9.17) is 4.74 Å². The highest BCUT2D eigenvalue weighted by Gasteiger charge is 2.40. The second-order valence-corrected chi connectivity index (χ2v) is 5.07. The predicted molar refractivity (Wildman–Crippen MR) is 69.0 cm³/mol. The van der Waals surface area contributed by atoms with Crippen LogP contribution >= 0.6 is 0 Å². The van der Waals surface area contributed by atoms with Crippen molar-refractivity contribution in [1.29, 1.82) is 0 Å². The maximum atomic E-state index is 11.6. The maximum Gasteiger partial charge on any atom is 0.310 e. The molecule has 0 amide bonds. The lowest BCUT2D eigenvalue weighted by molar-refractivity contribution is -0.154. The van der Waals surface area contributed by atoms with E-state index in [1.807, 2.05) is 35.0 Å². The van der Waals surface area contributed by atoms with Gasteiger partial charge in [-0.05, 0) is 25.0 Å². The van der Waals surface area contributed by atoms with Crippen LogP contribution in [-0.4, -0.2) is 33.7 Å². The Morgan fingerprint density at radius 2 is 2.21 bits per heavy atom. The highest BCUT2D eigenvalue weighted by atomic mass is 16.5. The normalized spacial score (nSPS) is 18.5. The molecule has 1 aliphatic heterocycles. The molecule has 1 fully saturated rings. The van der Waals surface area contributed by atoms with Gasteiger partial charge in [0.1, 0.15) is 5.65 Å². The van der Waals surface area contributed by atoms with Gasteiger partial charge in [-0.3, -0.25) is 4.79 Å². The van der Waals surface area contributed by atoms with Gasteiger partial charge >= 0.3 is 5.97 Å². The van der Waals surface area contributed by atoms with Crippen LogP contribution in [0.25, 0.3) is 5.65 Å². The molecule has 0 radical (unpaired) electrons. The topological polar surface area (TPSA) is 63.8 Å². The van der Waals surface area contributed by atoms with E-state index in [0.29, 0.717) is 32.5 Å². The van der Waals surface area contributed by atoms with Gasteiger partial charge in [0, 0.05) is 32.0 Å². The molecule has 5 heteroatoms. The highest BCUT2D eigenvalue weighted by molar-refractivity contribution is 5.75. The summed E-state index contributed by atoms with van der Waals surface area (Å²) in [6.45, 7) is 1.03. The quantitative estimate of drug-likeness (QED) is 0.913. The van der Waals surface area contributed by atoms with E-state index in [-0.39, 0.29) is 0 Å². The number of ether oxygens (including phenoxy) is 1. The molecule has 0 saturated carbocycles. The first-order valence-electron chi connectivity index (χ1n) is 6.43. The van der Waals surface area contributed by atoms with Crippen LogP contribution in [0.1, 0.15) is 18.5 Å². The van der Waals surface area contributed by atoms with E-state index < -0.39 is 11.4 Å². The number of nitrogens with zero attached hydrogens (tertiary/aromatic N) is 2. The number of carboxylic acids is 1. The Bertz CT molecular complexity index is 567. The molecule has 2 aromatic heterocycles. The van der Waals surface area contributed by atoms with Gasteiger partial charge in [-0.15, -0.1) is 0 Å². The van der Waals surface area contributed by atoms with E-state index in [2.05, 4.69) is 4.98 Å². The number of pyridine rings is 1. The fraction of sp³-hybridized carbons (Fsp3) is 0.429. The predicted octanol–water partition coefficient (Wildman–Crippen LogP) is 1.76. The van der Waals surface area contributed by atoms with Crippen molar-refractivity contribution in [2.24, 2.45) is 5.41 Å². The molecule has 3 heterocycles. The van der Waals surface area contributed by atoms with Crippen LogP contribution in [0.2, 0.25) is 0 Å². The smallest absolute Gasteiger partial charge is 0.310 e. The van der Waals surface area contributed by atoms with Gasteiger partial charge in [0.05, 0.1) is 11.1 Å². The van der Waals surface area contributed by atoms with Crippen LogP contribution < -0.4 is 0 Å². The van der Waals surface area contributed by atoms with Crippen molar-refractivity contribution in [1.82, 2.24) is 9.38 Å². The summed E-state index contributed by atoms with van der Waals surface area (Å²) in [5.41, 5.74) is 0.955. The van der Waals surface area contributed by atoms with Gasteiger partial charge in [-0.1, -0.05) is 6.07 Å². The molecule has 19 heavy (non-hydrogen) atoms. The molecule has 1 aliphatic rings. The average molecular weight is 260 g/mol. The van der Waals surface area contributed by atoms with E-state index in [9.17, 15) is 9.90 Å². The third-order valence-corrected chi connectivity index (χ3v) is 3.84. The van der Waals surface area contributed by atoms with E-state index in [1.165, 1.54) is 0 Å². The zero-order valence-corrected chi connectivity index (χ0v) is 10.6. The monoisotopic (exact) mass is 260 g/mol. The first-order chi connectivity index (χ1) is 9.20. The number of carbonyl (C=O) groups is 1. The average Bonchev–Trinajstić information content (AvgIpc) is 2.81. The second kappa shape index (κ2) is 4.66. The Morgan fingerprint density at radius 1 is 1.42 bits per heavy atom. The Kier molecular flexibility index (Phi) is 2.98. The first kappa shape index (κ1) is 12.2. The molecule has 0 aliphatic carbocycles. The van der Waals surface area contributed by atoms with Crippen molar-refractivity contribution < 1.29 is 14.6 Å². The van der Waals surface area contributed by atoms with E-state index in [1.54, 1.807) is 0 Å². The van der Waals surface area contributed by atoms with Crippen molar-refractivity contribution >= 4 is 11.6 Å². The van der Waals surface area contributed by atoms with Gasteiger partial charge in [-0.2, -0.15) is 0 Å². The molecule has 0 atom stereocenters. The SMILES string of the molecule is O=C(O)C1(Cc2cn3ccccc3n2)CCOCC1. The summed E-state index contributed by atoms with van der Waals surface area (Å²) in [6, 6.07) is 5.77. The van der Waals surface area contributed by atoms with Gasteiger partial charge in [0.2, 0.25) is 0 Å². The largest absolute Gasteiger partial charge is 0.481 e. The minimum Gasteiger partial charge on any atom is -0.481 e. The molecule has 5 nitrogen and oxygen atoms in total. The molecule has 0 unspecified atom stereocenters. The molecule has 3 rings (SSSR count). The number of imidazole rings is 1. The molecule has 0 bridgehead atoms. The summed E-state index contributed by atoms with van der Waals surface area (Å²) in [6.07, 6.45) is 5.40. The molecule has 0 spiro atoms. The second-order valence-electron chi connectivity index (χ2n) is 5.07. The number of hydrogen-bond acceptors (Lipinski definition) is 3. The number of aliphatic carboxylic acids is 1. The standard InChI is InChI=1S/C14H16N2O3/c17-13(18)14(4-7-19-8-5-14)9-11-10-16-6-2-1-3-12(16)15-11/h1-3,6,10H,4-5,7-9H2,(H,17,18). The summed E-state index contributed by atoms with van der Waals surface area (Å²) in [5.74, 6) is -0.743. The highest BCUT2D eigenvalue weighted by Crippen LogP contribution is 2.34. The summed E-state index contributed by atoms with van der Waals surface area (Å²) in [4.78, 5) is 16.1. The molecule has 0 aromatic carbocycles. The van der Waals surface area contributed by atoms with Gasteiger partial charge in [0.15, 0.2) is 0 Å². The molecule has 1 saturated heterocycles. The zero-order chi connectivity index (χ0) is 13.3. The third-order valence-electron chi connectivity index (χ3n) is 3.84. The van der Waals surface area contributed by atoms with Crippen LogP contribution in [0.5, 0.6) is 0 Å². The number of aromatic nitrogens is 2. The Balaban J connectivity index is 1.91. The zero-order valence-electron chi connectivity index (χ0n) is 10.6. The fourth-order valence-electron chi connectivity index (χ4n) is 2.65. The fourth-order valence-corrected chi connectivity index (χ4v) is 2.65.